The Morgan fingerprint density at radius 1 is 1.17 bits per heavy atom. The molecule has 0 spiro atoms. The van der Waals surface area contributed by atoms with Crippen LogP contribution in [-0.4, -0.2) is 40.6 Å². The van der Waals surface area contributed by atoms with E-state index >= 15 is 0 Å². The maximum atomic E-state index is 11.9. The Bertz CT molecular complexity index is 938. The maximum absolute atomic E-state index is 11.9. The molecule has 2 heterocycles. The minimum Gasteiger partial charge on any atom is -0.330 e. The molecule has 0 aliphatic rings. The number of tetrazole rings is 1. The molecule has 10 heteroatoms. The van der Waals surface area contributed by atoms with Crippen molar-refractivity contribution in [2.75, 3.05) is 6.54 Å². The van der Waals surface area contributed by atoms with Crippen molar-refractivity contribution in [1.29, 1.82) is 0 Å². The standard InChI is InChI=1S/C14H15N7O2S/c15-7-6-10-5-4-9(8-17-10)11-2-1-3-12(24(16,22)23)13(11)14-18-20-21-19-14/h1-5,8H,6-7,15H2,(H2,16,22,23)(H,18,19,20,21). The second-order valence-electron chi connectivity index (χ2n) is 5.04. The zero-order valence-electron chi connectivity index (χ0n) is 12.5. The van der Waals surface area contributed by atoms with Crippen LogP contribution in [0.4, 0.5) is 0 Å². The van der Waals surface area contributed by atoms with Gasteiger partial charge in [-0.25, -0.2) is 13.6 Å². The fraction of sp³-hybridized carbons (Fsp3) is 0.143. The minimum atomic E-state index is -3.97. The number of nitrogens with zero attached hydrogens (tertiary/aromatic N) is 4. The van der Waals surface area contributed by atoms with Crippen LogP contribution in [0.1, 0.15) is 5.69 Å². The Labute approximate surface area is 138 Å². The van der Waals surface area contributed by atoms with Gasteiger partial charge in [-0.15, -0.1) is 10.2 Å². The van der Waals surface area contributed by atoms with E-state index in [0.29, 0.717) is 24.1 Å². The van der Waals surface area contributed by atoms with E-state index < -0.39 is 10.0 Å². The molecule has 1 aromatic carbocycles. The first-order chi connectivity index (χ1) is 11.5. The van der Waals surface area contributed by atoms with Crippen molar-refractivity contribution >= 4 is 10.0 Å². The molecule has 24 heavy (non-hydrogen) atoms. The lowest BCUT2D eigenvalue weighted by molar-refractivity contribution is 0.598. The monoisotopic (exact) mass is 345 g/mol. The largest absolute Gasteiger partial charge is 0.330 e. The van der Waals surface area contributed by atoms with Crippen LogP contribution >= 0.6 is 0 Å². The molecule has 124 valence electrons. The van der Waals surface area contributed by atoms with Gasteiger partial charge in [0.25, 0.3) is 0 Å². The fourth-order valence-corrected chi connectivity index (χ4v) is 3.14. The number of H-pyrrole nitrogens is 1. The van der Waals surface area contributed by atoms with Crippen molar-refractivity contribution in [3.8, 4) is 22.5 Å². The predicted octanol–water partition coefficient (Wildman–Crippen LogP) is 0.0773. The number of rotatable bonds is 5. The van der Waals surface area contributed by atoms with Crippen LogP contribution in [0.25, 0.3) is 22.5 Å². The van der Waals surface area contributed by atoms with Crippen molar-refractivity contribution in [3.05, 3.63) is 42.2 Å². The molecule has 0 atom stereocenters. The molecule has 0 saturated heterocycles. The summed E-state index contributed by atoms with van der Waals surface area (Å²) in [6, 6.07) is 8.43. The Hall–Kier alpha value is -2.69. The number of sulfonamides is 1. The van der Waals surface area contributed by atoms with Crippen LogP contribution in [0.5, 0.6) is 0 Å². The molecule has 0 fully saturated rings. The van der Waals surface area contributed by atoms with Gasteiger partial charge in [-0.3, -0.25) is 4.98 Å². The van der Waals surface area contributed by atoms with Crippen molar-refractivity contribution < 1.29 is 8.42 Å². The molecule has 5 N–H and O–H groups in total. The third kappa shape index (κ3) is 3.15. The van der Waals surface area contributed by atoms with Gasteiger partial charge in [0, 0.05) is 23.9 Å². The number of benzene rings is 1. The van der Waals surface area contributed by atoms with Crippen LogP contribution in [0.3, 0.4) is 0 Å². The topological polar surface area (TPSA) is 154 Å². The molecule has 0 radical (unpaired) electrons. The van der Waals surface area contributed by atoms with E-state index in [1.807, 2.05) is 12.1 Å². The third-order valence-corrected chi connectivity index (χ3v) is 4.39. The van der Waals surface area contributed by atoms with Crippen LogP contribution in [0.2, 0.25) is 0 Å². The Morgan fingerprint density at radius 3 is 2.58 bits per heavy atom. The van der Waals surface area contributed by atoms with Gasteiger partial charge in [-0.05, 0) is 29.5 Å². The Balaban J connectivity index is 2.21. The summed E-state index contributed by atoms with van der Waals surface area (Å²) in [4.78, 5) is 4.26. The predicted molar refractivity (Wildman–Crippen MR) is 87.0 cm³/mol. The van der Waals surface area contributed by atoms with Gasteiger partial charge < -0.3 is 5.73 Å². The number of primary sulfonamides is 1. The van der Waals surface area contributed by atoms with E-state index in [1.165, 1.54) is 6.07 Å². The second-order valence-corrected chi connectivity index (χ2v) is 6.57. The number of aromatic amines is 1. The van der Waals surface area contributed by atoms with Gasteiger partial charge in [-0.2, -0.15) is 5.21 Å². The average Bonchev–Trinajstić information content (AvgIpc) is 3.08. The molecule has 0 saturated carbocycles. The normalized spacial score (nSPS) is 11.6. The molecule has 0 amide bonds. The molecule has 0 aliphatic heterocycles. The molecule has 0 aliphatic carbocycles. The van der Waals surface area contributed by atoms with Crippen molar-refractivity contribution in [3.63, 3.8) is 0 Å². The van der Waals surface area contributed by atoms with E-state index in [0.717, 1.165) is 5.69 Å². The summed E-state index contributed by atoms with van der Waals surface area (Å²) in [5, 5.41) is 18.9. The second kappa shape index (κ2) is 6.43. The van der Waals surface area contributed by atoms with Gasteiger partial charge in [0.2, 0.25) is 15.8 Å². The summed E-state index contributed by atoms with van der Waals surface area (Å²) < 4.78 is 23.9. The number of hydrogen-bond acceptors (Lipinski definition) is 7. The smallest absolute Gasteiger partial charge is 0.238 e. The van der Waals surface area contributed by atoms with E-state index in [-0.39, 0.29) is 16.3 Å². The van der Waals surface area contributed by atoms with E-state index in [1.54, 1.807) is 18.3 Å². The highest BCUT2D eigenvalue weighted by molar-refractivity contribution is 7.89. The van der Waals surface area contributed by atoms with Gasteiger partial charge >= 0.3 is 0 Å². The van der Waals surface area contributed by atoms with Gasteiger partial charge in [0.05, 0.1) is 10.5 Å². The van der Waals surface area contributed by atoms with Gasteiger partial charge in [0.1, 0.15) is 0 Å². The first-order valence-electron chi connectivity index (χ1n) is 7.05. The van der Waals surface area contributed by atoms with Crippen LogP contribution < -0.4 is 10.9 Å². The Kier molecular flexibility index (Phi) is 4.34. The summed E-state index contributed by atoms with van der Waals surface area (Å²) in [5.74, 6) is 0.139. The SMILES string of the molecule is NCCc1ccc(-c2cccc(S(N)(=O)=O)c2-c2nn[nH]n2)cn1. The molecule has 0 unspecified atom stereocenters. The molecule has 0 bridgehead atoms. The third-order valence-electron chi connectivity index (χ3n) is 3.44. The lowest BCUT2D eigenvalue weighted by Crippen LogP contribution is -2.14. The van der Waals surface area contributed by atoms with Crippen molar-refractivity contribution in [2.45, 2.75) is 11.3 Å². The van der Waals surface area contributed by atoms with Gasteiger partial charge in [-0.1, -0.05) is 18.2 Å². The quantitative estimate of drug-likeness (QED) is 0.591. The van der Waals surface area contributed by atoms with Crippen LogP contribution in [0.15, 0.2) is 41.4 Å². The maximum Gasteiger partial charge on any atom is 0.238 e. The number of nitrogens with one attached hydrogen (secondary N) is 1. The van der Waals surface area contributed by atoms with Crippen LogP contribution in [-0.2, 0) is 16.4 Å². The van der Waals surface area contributed by atoms with E-state index in [2.05, 4.69) is 25.6 Å². The first kappa shape index (κ1) is 16.2. The van der Waals surface area contributed by atoms with Gasteiger partial charge in [0.15, 0.2) is 0 Å². The molecule has 3 aromatic rings. The highest BCUT2D eigenvalue weighted by Crippen LogP contribution is 2.34. The van der Waals surface area contributed by atoms with Crippen molar-refractivity contribution in [1.82, 2.24) is 25.6 Å². The van der Waals surface area contributed by atoms with Crippen LogP contribution in [0, 0.1) is 0 Å². The molecule has 2 aromatic heterocycles. The highest BCUT2D eigenvalue weighted by Gasteiger charge is 2.22. The summed E-state index contributed by atoms with van der Waals surface area (Å²) in [5.41, 5.74) is 7.95. The summed E-state index contributed by atoms with van der Waals surface area (Å²) in [7, 11) is -3.97. The molecular weight excluding hydrogens is 330 g/mol. The Morgan fingerprint density at radius 2 is 2.00 bits per heavy atom. The zero-order chi connectivity index (χ0) is 17.2. The highest BCUT2D eigenvalue weighted by atomic mass is 32.2. The number of aromatic nitrogens is 5. The van der Waals surface area contributed by atoms with E-state index in [9.17, 15) is 8.42 Å². The molecular formula is C14H15N7O2S. The lowest BCUT2D eigenvalue weighted by atomic mass is 10.00. The molecule has 9 nitrogen and oxygen atoms in total. The first-order valence-corrected chi connectivity index (χ1v) is 8.60. The summed E-state index contributed by atoms with van der Waals surface area (Å²) in [6.45, 7) is 0.501. The number of nitrogens with two attached hydrogens (primary N) is 2. The lowest BCUT2D eigenvalue weighted by Gasteiger charge is -2.11. The van der Waals surface area contributed by atoms with E-state index in [4.69, 9.17) is 10.9 Å². The summed E-state index contributed by atoms with van der Waals surface area (Å²) in [6.07, 6.45) is 2.31. The number of pyridine rings is 1. The zero-order valence-corrected chi connectivity index (χ0v) is 13.4. The average molecular weight is 345 g/mol. The number of hydrogen-bond donors (Lipinski definition) is 3. The minimum absolute atomic E-state index is 0.0764. The summed E-state index contributed by atoms with van der Waals surface area (Å²) >= 11 is 0. The fourth-order valence-electron chi connectivity index (χ4n) is 2.39. The molecule has 3 rings (SSSR count). The van der Waals surface area contributed by atoms with Crippen molar-refractivity contribution in [2.24, 2.45) is 10.9 Å².